The van der Waals surface area contributed by atoms with Gasteiger partial charge < -0.3 is 10.1 Å². The van der Waals surface area contributed by atoms with E-state index in [1.165, 1.54) is 18.4 Å². The van der Waals surface area contributed by atoms with E-state index in [2.05, 4.69) is 5.32 Å². The smallest absolute Gasteiger partial charge is 0.308 e. The Morgan fingerprint density at radius 1 is 1.32 bits per heavy atom. The fourth-order valence-corrected chi connectivity index (χ4v) is 3.28. The highest BCUT2D eigenvalue weighted by Crippen LogP contribution is 2.26. The standard InChI is InChI=1S/C13H16ClNO3S/c1-18-13(17)8-2-4-9(5-3-8)15-12(16)10-6-7-11(14)19-10/h6-9H,2-5H2,1H3,(H,15,16). The number of esters is 1. The first kappa shape index (κ1) is 14.3. The van der Waals surface area contributed by atoms with Gasteiger partial charge in [0.2, 0.25) is 0 Å². The highest BCUT2D eigenvalue weighted by Gasteiger charge is 2.27. The van der Waals surface area contributed by atoms with Crippen molar-refractivity contribution in [3.63, 3.8) is 0 Å². The highest BCUT2D eigenvalue weighted by molar-refractivity contribution is 7.17. The predicted molar refractivity (Wildman–Crippen MR) is 74.6 cm³/mol. The molecule has 1 aliphatic carbocycles. The second-order valence-corrected chi connectivity index (χ2v) is 6.36. The Hall–Kier alpha value is -1.07. The molecule has 0 saturated heterocycles. The monoisotopic (exact) mass is 301 g/mol. The number of methoxy groups -OCH3 is 1. The first-order valence-electron chi connectivity index (χ1n) is 6.24. The molecular formula is C13H16ClNO3S. The molecule has 4 nitrogen and oxygen atoms in total. The minimum absolute atomic E-state index is 0.0191. The van der Waals surface area contributed by atoms with Crippen LogP contribution in [0.4, 0.5) is 0 Å². The second kappa shape index (κ2) is 6.39. The van der Waals surface area contributed by atoms with Crippen LogP contribution in [0.3, 0.4) is 0 Å². The van der Waals surface area contributed by atoms with Gasteiger partial charge in [-0.3, -0.25) is 9.59 Å². The number of carbonyl (C=O) groups is 2. The van der Waals surface area contributed by atoms with Crippen molar-refractivity contribution in [3.8, 4) is 0 Å². The van der Waals surface area contributed by atoms with E-state index in [1.807, 2.05) is 0 Å². The van der Waals surface area contributed by atoms with E-state index >= 15 is 0 Å². The number of hydrogen-bond donors (Lipinski definition) is 1. The van der Waals surface area contributed by atoms with E-state index in [0.717, 1.165) is 25.7 Å². The quantitative estimate of drug-likeness (QED) is 0.873. The van der Waals surface area contributed by atoms with Crippen LogP contribution in [0.2, 0.25) is 4.34 Å². The lowest BCUT2D eigenvalue weighted by Gasteiger charge is -2.27. The van der Waals surface area contributed by atoms with E-state index in [-0.39, 0.29) is 23.8 Å². The van der Waals surface area contributed by atoms with Gasteiger partial charge in [0.1, 0.15) is 0 Å². The van der Waals surface area contributed by atoms with E-state index in [0.29, 0.717) is 9.21 Å². The van der Waals surface area contributed by atoms with Crippen molar-refractivity contribution in [3.05, 3.63) is 21.3 Å². The third-order valence-electron chi connectivity index (χ3n) is 3.39. The van der Waals surface area contributed by atoms with E-state index < -0.39 is 0 Å². The molecule has 1 aromatic rings. The number of rotatable bonds is 3. The lowest BCUT2D eigenvalue weighted by atomic mass is 9.86. The zero-order valence-electron chi connectivity index (χ0n) is 10.6. The summed E-state index contributed by atoms with van der Waals surface area (Å²) in [6.07, 6.45) is 3.15. The number of hydrogen-bond acceptors (Lipinski definition) is 4. The molecule has 0 aromatic carbocycles. The number of amides is 1. The molecule has 0 unspecified atom stereocenters. The molecule has 1 amide bonds. The summed E-state index contributed by atoms with van der Waals surface area (Å²) in [7, 11) is 1.41. The van der Waals surface area contributed by atoms with Crippen LogP contribution in [0, 0.1) is 5.92 Å². The third-order valence-corrected chi connectivity index (χ3v) is 4.62. The molecule has 2 rings (SSSR count). The van der Waals surface area contributed by atoms with Gasteiger partial charge in [-0.2, -0.15) is 0 Å². The molecule has 19 heavy (non-hydrogen) atoms. The van der Waals surface area contributed by atoms with Gasteiger partial charge in [-0.1, -0.05) is 11.6 Å². The summed E-state index contributed by atoms with van der Waals surface area (Å²) in [5, 5.41) is 2.99. The second-order valence-electron chi connectivity index (χ2n) is 4.65. The lowest BCUT2D eigenvalue weighted by molar-refractivity contribution is -0.146. The van der Waals surface area contributed by atoms with Crippen molar-refractivity contribution in [2.24, 2.45) is 5.92 Å². The van der Waals surface area contributed by atoms with Gasteiger partial charge in [0.25, 0.3) is 5.91 Å². The number of carbonyl (C=O) groups excluding carboxylic acids is 2. The SMILES string of the molecule is COC(=O)C1CCC(NC(=O)c2ccc(Cl)s2)CC1. The summed E-state index contributed by atoms with van der Waals surface area (Å²) in [6.45, 7) is 0. The maximum Gasteiger partial charge on any atom is 0.308 e. The van der Waals surface area contributed by atoms with Gasteiger partial charge in [0.15, 0.2) is 0 Å². The fourth-order valence-electron chi connectivity index (χ4n) is 2.33. The van der Waals surface area contributed by atoms with Gasteiger partial charge in [-0.15, -0.1) is 11.3 Å². The van der Waals surface area contributed by atoms with Gasteiger partial charge in [-0.25, -0.2) is 0 Å². The van der Waals surface area contributed by atoms with Gasteiger partial charge in [0.05, 0.1) is 22.2 Å². The molecule has 0 radical (unpaired) electrons. The maximum atomic E-state index is 11.9. The van der Waals surface area contributed by atoms with Crippen molar-refractivity contribution in [1.29, 1.82) is 0 Å². The average Bonchev–Trinajstić information content (AvgIpc) is 2.85. The van der Waals surface area contributed by atoms with Crippen LogP contribution in [-0.2, 0) is 9.53 Å². The summed E-state index contributed by atoms with van der Waals surface area (Å²) in [5.74, 6) is -0.248. The Balaban J connectivity index is 1.82. The number of thiophene rings is 1. The zero-order chi connectivity index (χ0) is 13.8. The molecule has 0 aliphatic heterocycles. The van der Waals surface area contributed by atoms with Crippen LogP contribution in [0.15, 0.2) is 12.1 Å². The van der Waals surface area contributed by atoms with Crippen molar-refractivity contribution in [2.45, 2.75) is 31.7 Å². The zero-order valence-corrected chi connectivity index (χ0v) is 12.2. The Kier molecular flexibility index (Phi) is 4.82. The summed E-state index contributed by atoms with van der Waals surface area (Å²) in [4.78, 5) is 24.0. The summed E-state index contributed by atoms with van der Waals surface area (Å²) >= 11 is 7.08. The van der Waals surface area contributed by atoms with Crippen LogP contribution in [0.25, 0.3) is 0 Å². The van der Waals surface area contributed by atoms with Gasteiger partial charge >= 0.3 is 5.97 Å². The predicted octanol–water partition coefficient (Wildman–Crippen LogP) is 2.86. The van der Waals surface area contributed by atoms with Crippen molar-refractivity contribution < 1.29 is 14.3 Å². The van der Waals surface area contributed by atoms with Crippen LogP contribution >= 0.6 is 22.9 Å². The van der Waals surface area contributed by atoms with Crippen LogP contribution in [-0.4, -0.2) is 25.0 Å². The average molecular weight is 302 g/mol. The third kappa shape index (κ3) is 3.70. The Morgan fingerprint density at radius 3 is 2.53 bits per heavy atom. The molecule has 0 bridgehead atoms. The largest absolute Gasteiger partial charge is 0.469 e. The number of halogens is 1. The highest BCUT2D eigenvalue weighted by atomic mass is 35.5. The Bertz CT molecular complexity index is 466. The van der Waals surface area contributed by atoms with E-state index in [9.17, 15) is 9.59 Å². The molecule has 1 aromatic heterocycles. The van der Waals surface area contributed by atoms with E-state index in [1.54, 1.807) is 12.1 Å². The number of ether oxygens (including phenoxy) is 1. The fraction of sp³-hybridized carbons (Fsp3) is 0.538. The first-order valence-corrected chi connectivity index (χ1v) is 7.43. The molecule has 1 heterocycles. The van der Waals surface area contributed by atoms with Gasteiger partial charge in [0, 0.05) is 6.04 Å². The summed E-state index contributed by atoms with van der Waals surface area (Å²) < 4.78 is 5.35. The Labute approximate surface area is 121 Å². The van der Waals surface area contributed by atoms with Crippen molar-refractivity contribution >= 4 is 34.8 Å². The molecule has 1 fully saturated rings. The summed E-state index contributed by atoms with van der Waals surface area (Å²) in [5.41, 5.74) is 0. The lowest BCUT2D eigenvalue weighted by Crippen LogP contribution is -2.38. The van der Waals surface area contributed by atoms with Gasteiger partial charge in [-0.05, 0) is 37.8 Å². The van der Waals surface area contributed by atoms with Crippen LogP contribution in [0.5, 0.6) is 0 Å². The maximum absolute atomic E-state index is 11.9. The first-order chi connectivity index (χ1) is 9.10. The minimum atomic E-state index is -0.144. The topological polar surface area (TPSA) is 55.4 Å². The molecular weight excluding hydrogens is 286 g/mol. The molecule has 6 heteroatoms. The van der Waals surface area contributed by atoms with E-state index in [4.69, 9.17) is 16.3 Å². The minimum Gasteiger partial charge on any atom is -0.469 e. The molecule has 0 spiro atoms. The number of nitrogens with one attached hydrogen (secondary N) is 1. The van der Waals surface area contributed by atoms with Crippen molar-refractivity contribution in [2.75, 3.05) is 7.11 Å². The molecule has 1 aliphatic rings. The summed E-state index contributed by atoms with van der Waals surface area (Å²) in [6, 6.07) is 3.58. The van der Waals surface area contributed by atoms with Crippen LogP contribution < -0.4 is 5.32 Å². The molecule has 0 atom stereocenters. The molecule has 104 valence electrons. The Morgan fingerprint density at radius 2 is 2.00 bits per heavy atom. The molecule has 1 saturated carbocycles. The van der Waals surface area contributed by atoms with Crippen LogP contribution in [0.1, 0.15) is 35.4 Å². The van der Waals surface area contributed by atoms with Crippen molar-refractivity contribution in [1.82, 2.24) is 5.32 Å². The normalized spacial score (nSPS) is 22.8. The molecule has 1 N–H and O–H groups in total.